The zero-order valence-corrected chi connectivity index (χ0v) is 13.1. The third-order valence-electron chi connectivity index (χ3n) is 3.74. The van der Waals surface area contributed by atoms with Crippen molar-refractivity contribution in [1.82, 2.24) is 4.98 Å². The molecule has 0 saturated heterocycles. The Morgan fingerprint density at radius 2 is 2.05 bits per heavy atom. The third kappa shape index (κ3) is 2.22. The van der Waals surface area contributed by atoms with E-state index in [1.54, 1.807) is 7.11 Å². The van der Waals surface area contributed by atoms with Gasteiger partial charge in [-0.05, 0) is 23.5 Å². The van der Waals surface area contributed by atoms with Crippen LogP contribution in [0.2, 0.25) is 0 Å². The van der Waals surface area contributed by atoms with Crippen LogP contribution in [0.5, 0.6) is 0 Å². The molecule has 1 N–H and O–H groups in total. The summed E-state index contributed by atoms with van der Waals surface area (Å²) < 4.78 is 5.52. The van der Waals surface area contributed by atoms with Gasteiger partial charge in [0, 0.05) is 16.9 Å². The molecule has 0 atom stereocenters. The lowest BCUT2D eigenvalue weighted by atomic mass is 10.0. The normalized spacial score (nSPS) is 15.6. The Hall–Kier alpha value is -2.45. The SMILES string of the molecule is COC1=Cc2c([nH]c(=O)c(C#N)c2SC)C2=CC=CC=C1C2. The zero-order valence-electron chi connectivity index (χ0n) is 12.3. The number of nitrogens with one attached hydrogen (secondary N) is 1. The summed E-state index contributed by atoms with van der Waals surface area (Å²) in [6.45, 7) is 0. The molecule has 0 unspecified atom stereocenters. The van der Waals surface area contributed by atoms with Crippen LogP contribution < -0.4 is 5.56 Å². The Morgan fingerprint density at radius 1 is 1.32 bits per heavy atom. The molecule has 0 aliphatic heterocycles. The molecule has 2 aliphatic carbocycles. The van der Waals surface area contributed by atoms with Gasteiger partial charge < -0.3 is 9.72 Å². The molecule has 2 bridgehead atoms. The van der Waals surface area contributed by atoms with Crippen molar-refractivity contribution < 1.29 is 4.74 Å². The van der Waals surface area contributed by atoms with Gasteiger partial charge in [0.2, 0.25) is 0 Å². The molecule has 0 fully saturated rings. The molecule has 2 aliphatic rings. The van der Waals surface area contributed by atoms with Crippen molar-refractivity contribution in [3.63, 3.8) is 0 Å². The number of H-pyrrole nitrogens is 1. The molecule has 4 nitrogen and oxygen atoms in total. The van der Waals surface area contributed by atoms with Crippen molar-refractivity contribution in [2.75, 3.05) is 13.4 Å². The van der Waals surface area contributed by atoms with E-state index in [2.05, 4.69) is 4.98 Å². The van der Waals surface area contributed by atoms with Crippen molar-refractivity contribution in [1.29, 1.82) is 5.26 Å². The molecule has 5 heteroatoms. The smallest absolute Gasteiger partial charge is 0.267 e. The van der Waals surface area contributed by atoms with Gasteiger partial charge in [-0.2, -0.15) is 5.26 Å². The monoisotopic (exact) mass is 310 g/mol. The summed E-state index contributed by atoms with van der Waals surface area (Å²) in [5.41, 5.74) is 3.46. The largest absolute Gasteiger partial charge is 0.496 e. The summed E-state index contributed by atoms with van der Waals surface area (Å²) in [6.07, 6.45) is 12.3. The number of nitriles is 1. The van der Waals surface area contributed by atoms with Crippen LogP contribution in [0.15, 0.2) is 45.3 Å². The fourth-order valence-corrected chi connectivity index (χ4v) is 3.44. The van der Waals surface area contributed by atoms with Crippen LogP contribution in [-0.2, 0) is 4.74 Å². The van der Waals surface area contributed by atoms with E-state index in [1.165, 1.54) is 11.8 Å². The van der Waals surface area contributed by atoms with Gasteiger partial charge in [0.1, 0.15) is 17.4 Å². The Balaban J connectivity index is 2.42. The van der Waals surface area contributed by atoms with E-state index in [1.807, 2.05) is 42.7 Å². The predicted molar refractivity (Wildman–Crippen MR) is 88.4 cm³/mol. The molecule has 3 rings (SSSR count). The van der Waals surface area contributed by atoms with Crippen molar-refractivity contribution in [3.8, 4) is 6.07 Å². The summed E-state index contributed by atoms with van der Waals surface area (Å²) in [4.78, 5) is 15.8. The lowest BCUT2D eigenvalue weighted by molar-refractivity contribution is 0.304. The molecular weight excluding hydrogens is 296 g/mol. The molecule has 1 aromatic rings. The second kappa shape index (κ2) is 5.74. The molecule has 0 saturated carbocycles. The van der Waals surface area contributed by atoms with E-state index in [4.69, 9.17) is 4.74 Å². The van der Waals surface area contributed by atoms with E-state index in [-0.39, 0.29) is 11.1 Å². The standard InChI is InChI=1S/C17H14N2O2S/c1-21-14-8-12-15(11-6-4-3-5-10(14)7-11)19-17(20)13(9-18)16(12)22-2/h3-6,8H,7H2,1-2H3,(H,19,20). The highest BCUT2D eigenvalue weighted by molar-refractivity contribution is 7.98. The Bertz CT molecular complexity index is 864. The fraction of sp³-hybridized carbons (Fsp3) is 0.176. The minimum Gasteiger partial charge on any atom is -0.496 e. The predicted octanol–water partition coefficient (Wildman–Crippen LogP) is 3.24. The van der Waals surface area contributed by atoms with Crippen LogP contribution in [0, 0.1) is 11.3 Å². The highest BCUT2D eigenvalue weighted by atomic mass is 32.2. The summed E-state index contributed by atoms with van der Waals surface area (Å²) in [5, 5.41) is 9.29. The Labute approximate surface area is 132 Å². The van der Waals surface area contributed by atoms with Crippen LogP contribution >= 0.6 is 11.8 Å². The lowest BCUT2D eigenvalue weighted by Crippen LogP contribution is -2.15. The van der Waals surface area contributed by atoms with Crippen LogP contribution in [-0.4, -0.2) is 18.3 Å². The van der Waals surface area contributed by atoms with Gasteiger partial charge in [0.15, 0.2) is 0 Å². The zero-order chi connectivity index (χ0) is 15.7. The van der Waals surface area contributed by atoms with Crippen LogP contribution in [0.4, 0.5) is 0 Å². The Morgan fingerprint density at radius 3 is 2.68 bits per heavy atom. The molecule has 0 radical (unpaired) electrons. The minimum absolute atomic E-state index is 0.150. The number of hydrogen-bond acceptors (Lipinski definition) is 4. The number of pyridine rings is 1. The molecule has 110 valence electrons. The van der Waals surface area contributed by atoms with Gasteiger partial charge >= 0.3 is 0 Å². The molecule has 0 amide bonds. The second-order valence-electron chi connectivity index (χ2n) is 4.92. The van der Waals surface area contributed by atoms with E-state index in [0.717, 1.165) is 28.2 Å². The average molecular weight is 310 g/mol. The minimum atomic E-state index is -0.348. The van der Waals surface area contributed by atoms with E-state index in [9.17, 15) is 10.1 Å². The van der Waals surface area contributed by atoms with Crippen molar-refractivity contribution in [2.24, 2.45) is 0 Å². The first-order valence-electron chi connectivity index (χ1n) is 6.76. The van der Waals surface area contributed by atoms with Crippen molar-refractivity contribution in [2.45, 2.75) is 11.3 Å². The number of aromatic amines is 1. The third-order valence-corrected chi connectivity index (χ3v) is 4.57. The maximum Gasteiger partial charge on any atom is 0.267 e. The number of methoxy groups -OCH3 is 1. The first-order chi connectivity index (χ1) is 10.7. The summed E-state index contributed by atoms with van der Waals surface area (Å²) in [7, 11) is 1.63. The van der Waals surface area contributed by atoms with Crippen LogP contribution in [0.25, 0.3) is 11.6 Å². The van der Waals surface area contributed by atoms with E-state index >= 15 is 0 Å². The highest BCUT2D eigenvalue weighted by Crippen LogP contribution is 2.38. The number of fused-ring (bicyclic) bond motifs is 4. The van der Waals surface area contributed by atoms with Crippen LogP contribution in [0.1, 0.15) is 23.2 Å². The highest BCUT2D eigenvalue weighted by Gasteiger charge is 2.24. The van der Waals surface area contributed by atoms with Gasteiger partial charge in [-0.1, -0.05) is 24.3 Å². The number of aromatic nitrogens is 1. The quantitative estimate of drug-likeness (QED) is 0.852. The number of ether oxygens (including phenoxy) is 1. The number of thioether (sulfide) groups is 1. The summed E-state index contributed by atoms with van der Waals surface area (Å²) >= 11 is 1.40. The number of rotatable bonds is 2. The van der Waals surface area contributed by atoms with Gasteiger partial charge in [-0.3, -0.25) is 4.79 Å². The first-order valence-corrected chi connectivity index (χ1v) is 7.99. The summed E-state index contributed by atoms with van der Waals surface area (Å²) in [5.74, 6) is 0.752. The van der Waals surface area contributed by atoms with Crippen molar-refractivity contribution >= 4 is 23.4 Å². The van der Waals surface area contributed by atoms with E-state index in [0.29, 0.717) is 11.3 Å². The summed E-state index contributed by atoms with van der Waals surface area (Å²) in [6, 6.07) is 2.01. The Kier molecular flexibility index (Phi) is 3.78. The molecule has 0 aromatic carbocycles. The fourth-order valence-electron chi connectivity index (χ4n) is 2.72. The number of hydrogen-bond donors (Lipinski definition) is 1. The first kappa shape index (κ1) is 14.5. The molecular formula is C17H14N2O2S. The maximum atomic E-state index is 12.2. The lowest BCUT2D eigenvalue weighted by Gasteiger charge is -2.11. The number of allylic oxidation sites excluding steroid dienone is 6. The number of nitrogens with zero attached hydrogens (tertiary/aromatic N) is 1. The topological polar surface area (TPSA) is 65.9 Å². The molecule has 1 heterocycles. The second-order valence-corrected chi connectivity index (χ2v) is 5.74. The van der Waals surface area contributed by atoms with Gasteiger partial charge in [0.05, 0.1) is 12.8 Å². The molecule has 0 spiro atoms. The molecule has 22 heavy (non-hydrogen) atoms. The average Bonchev–Trinajstić information content (AvgIpc) is 2.85. The maximum absolute atomic E-state index is 12.2. The van der Waals surface area contributed by atoms with Gasteiger partial charge in [-0.15, -0.1) is 11.8 Å². The molecule has 1 aromatic heterocycles. The van der Waals surface area contributed by atoms with Crippen LogP contribution in [0.3, 0.4) is 0 Å². The van der Waals surface area contributed by atoms with Crippen molar-refractivity contribution in [3.05, 3.63) is 62.8 Å². The van der Waals surface area contributed by atoms with Gasteiger partial charge in [-0.25, -0.2) is 0 Å². The van der Waals surface area contributed by atoms with E-state index < -0.39 is 0 Å². The van der Waals surface area contributed by atoms with Gasteiger partial charge in [0.25, 0.3) is 5.56 Å².